The van der Waals surface area contributed by atoms with E-state index in [1.807, 2.05) is 20.8 Å². The van der Waals surface area contributed by atoms with Crippen LogP contribution in [0, 0.1) is 0 Å². The SMILES string of the molecule is CC(C)N(CC(=O)O)C(=O)NC1(C)CCCC1. The smallest absolute Gasteiger partial charge is 0.323 e. The largest absolute Gasteiger partial charge is 0.480 e. The third kappa shape index (κ3) is 3.91. The average molecular weight is 242 g/mol. The predicted molar refractivity (Wildman–Crippen MR) is 64.9 cm³/mol. The predicted octanol–water partition coefficient (Wildman–Crippen LogP) is 1.82. The molecule has 0 saturated heterocycles. The van der Waals surface area contributed by atoms with Gasteiger partial charge in [-0.1, -0.05) is 12.8 Å². The second-order valence-corrected chi connectivity index (χ2v) is 5.31. The van der Waals surface area contributed by atoms with Crippen molar-refractivity contribution in [1.29, 1.82) is 0 Å². The van der Waals surface area contributed by atoms with Gasteiger partial charge in [0, 0.05) is 11.6 Å². The average Bonchev–Trinajstić information content (AvgIpc) is 2.60. The number of hydrogen-bond acceptors (Lipinski definition) is 2. The fourth-order valence-electron chi connectivity index (χ4n) is 2.24. The third-order valence-corrected chi connectivity index (χ3v) is 3.31. The molecule has 0 spiro atoms. The van der Waals surface area contributed by atoms with Crippen LogP contribution >= 0.6 is 0 Å². The molecule has 0 radical (unpaired) electrons. The van der Waals surface area contributed by atoms with Crippen LogP contribution in [0.2, 0.25) is 0 Å². The molecule has 0 aromatic heterocycles. The molecule has 1 fully saturated rings. The molecule has 0 aliphatic heterocycles. The summed E-state index contributed by atoms with van der Waals surface area (Å²) < 4.78 is 0. The van der Waals surface area contributed by atoms with E-state index in [0.717, 1.165) is 25.7 Å². The van der Waals surface area contributed by atoms with Crippen molar-refractivity contribution < 1.29 is 14.7 Å². The zero-order valence-corrected chi connectivity index (χ0v) is 10.8. The Morgan fingerprint density at radius 1 is 1.35 bits per heavy atom. The highest BCUT2D eigenvalue weighted by molar-refractivity contribution is 5.80. The van der Waals surface area contributed by atoms with Crippen LogP contribution in [0.1, 0.15) is 46.5 Å². The topological polar surface area (TPSA) is 69.6 Å². The number of amides is 2. The molecule has 0 bridgehead atoms. The van der Waals surface area contributed by atoms with E-state index in [1.54, 1.807) is 0 Å². The fraction of sp³-hybridized carbons (Fsp3) is 0.833. The van der Waals surface area contributed by atoms with E-state index in [2.05, 4.69) is 5.32 Å². The quantitative estimate of drug-likeness (QED) is 0.790. The van der Waals surface area contributed by atoms with Gasteiger partial charge in [0.25, 0.3) is 0 Å². The van der Waals surface area contributed by atoms with Crippen LogP contribution in [0.15, 0.2) is 0 Å². The number of hydrogen-bond donors (Lipinski definition) is 2. The maximum atomic E-state index is 12.0. The standard InChI is InChI=1S/C12H22N2O3/c1-9(2)14(8-10(15)16)11(17)13-12(3)6-4-5-7-12/h9H,4-8H2,1-3H3,(H,13,17)(H,15,16). The lowest BCUT2D eigenvalue weighted by atomic mass is 10.0. The van der Waals surface area contributed by atoms with Gasteiger partial charge in [0.2, 0.25) is 0 Å². The van der Waals surface area contributed by atoms with Crippen molar-refractivity contribution in [2.45, 2.75) is 58.0 Å². The highest BCUT2D eigenvalue weighted by Crippen LogP contribution is 2.29. The second kappa shape index (κ2) is 5.38. The van der Waals surface area contributed by atoms with E-state index >= 15 is 0 Å². The molecule has 98 valence electrons. The lowest BCUT2D eigenvalue weighted by molar-refractivity contribution is -0.138. The van der Waals surface area contributed by atoms with Crippen LogP contribution in [0.5, 0.6) is 0 Å². The monoisotopic (exact) mass is 242 g/mol. The molecule has 1 saturated carbocycles. The fourth-order valence-corrected chi connectivity index (χ4v) is 2.24. The first kappa shape index (κ1) is 13.8. The van der Waals surface area contributed by atoms with Gasteiger partial charge < -0.3 is 15.3 Å². The Morgan fingerprint density at radius 3 is 2.29 bits per heavy atom. The van der Waals surface area contributed by atoms with Gasteiger partial charge in [0.15, 0.2) is 0 Å². The number of nitrogens with zero attached hydrogens (tertiary/aromatic N) is 1. The van der Waals surface area contributed by atoms with Crippen molar-refractivity contribution in [2.24, 2.45) is 0 Å². The van der Waals surface area contributed by atoms with E-state index in [4.69, 9.17) is 5.11 Å². The van der Waals surface area contributed by atoms with Gasteiger partial charge in [-0.15, -0.1) is 0 Å². The highest BCUT2D eigenvalue weighted by Gasteiger charge is 2.32. The Morgan fingerprint density at radius 2 is 1.88 bits per heavy atom. The van der Waals surface area contributed by atoms with Crippen LogP contribution in [0.3, 0.4) is 0 Å². The zero-order valence-electron chi connectivity index (χ0n) is 10.8. The number of rotatable bonds is 4. The van der Waals surface area contributed by atoms with E-state index in [0.29, 0.717) is 0 Å². The van der Waals surface area contributed by atoms with Crippen LogP contribution in [0.4, 0.5) is 4.79 Å². The van der Waals surface area contributed by atoms with Gasteiger partial charge in [-0.05, 0) is 33.6 Å². The van der Waals surface area contributed by atoms with E-state index < -0.39 is 5.97 Å². The Kier molecular flexibility index (Phi) is 4.37. The van der Waals surface area contributed by atoms with Crippen molar-refractivity contribution in [3.05, 3.63) is 0 Å². The molecule has 2 amide bonds. The minimum absolute atomic E-state index is 0.115. The summed E-state index contributed by atoms with van der Waals surface area (Å²) in [7, 11) is 0. The van der Waals surface area contributed by atoms with Crippen molar-refractivity contribution in [3.63, 3.8) is 0 Å². The van der Waals surface area contributed by atoms with Gasteiger partial charge >= 0.3 is 12.0 Å². The van der Waals surface area contributed by atoms with Gasteiger partial charge in [-0.2, -0.15) is 0 Å². The first-order valence-electron chi connectivity index (χ1n) is 6.15. The maximum absolute atomic E-state index is 12.0. The molecule has 0 aromatic carbocycles. The Labute approximate surface area is 102 Å². The Bertz CT molecular complexity index is 296. The second-order valence-electron chi connectivity index (χ2n) is 5.31. The molecule has 1 aliphatic carbocycles. The summed E-state index contributed by atoms with van der Waals surface area (Å²) >= 11 is 0. The number of carbonyl (C=O) groups is 2. The van der Waals surface area contributed by atoms with Crippen molar-refractivity contribution in [2.75, 3.05) is 6.54 Å². The first-order valence-corrected chi connectivity index (χ1v) is 6.15. The van der Waals surface area contributed by atoms with E-state index in [-0.39, 0.29) is 24.2 Å². The van der Waals surface area contributed by atoms with Crippen molar-refractivity contribution in [3.8, 4) is 0 Å². The molecule has 1 rings (SSSR count). The number of nitrogens with one attached hydrogen (secondary N) is 1. The normalized spacial score (nSPS) is 18.1. The molecule has 0 aromatic rings. The highest BCUT2D eigenvalue weighted by atomic mass is 16.4. The zero-order chi connectivity index (χ0) is 13.1. The lowest BCUT2D eigenvalue weighted by Gasteiger charge is -2.32. The van der Waals surface area contributed by atoms with Gasteiger partial charge in [-0.25, -0.2) is 4.79 Å². The molecule has 0 atom stereocenters. The van der Waals surface area contributed by atoms with Gasteiger partial charge in [0.1, 0.15) is 6.54 Å². The molecule has 0 unspecified atom stereocenters. The molecule has 0 heterocycles. The molecule has 5 heteroatoms. The van der Waals surface area contributed by atoms with Crippen LogP contribution in [-0.2, 0) is 4.79 Å². The summed E-state index contributed by atoms with van der Waals surface area (Å²) in [5.74, 6) is -0.981. The van der Waals surface area contributed by atoms with Crippen molar-refractivity contribution in [1.82, 2.24) is 10.2 Å². The first-order chi connectivity index (χ1) is 7.84. The summed E-state index contributed by atoms with van der Waals surface area (Å²) in [4.78, 5) is 24.1. The summed E-state index contributed by atoms with van der Waals surface area (Å²) in [6, 6.07) is -0.386. The third-order valence-electron chi connectivity index (χ3n) is 3.31. The minimum Gasteiger partial charge on any atom is -0.480 e. The lowest BCUT2D eigenvalue weighted by Crippen LogP contribution is -2.53. The maximum Gasteiger partial charge on any atom is 0.323 e. The number of carboxylic acids is 1. The number of carboxylic acid groups (broad SMARTS) is 1. The van der Waals surface area contributed by atoms with Gasteiger partial charge in [0.05, 0.1) is 0 Å². The Hall–Kier alpha value is -1.26. The Balaban J connectivity index is 2.61. The van der Waals surface area contributed by atoms with E-state index in [1.165, 1.54) is 4.90 Å². The summed E-state index contributed by atoms with van der Waals surface area (Å²) in [5.41, 5.74) is -0.164. The summed E-state index contributed by atoms with van der Waals surface area (Å²) in [6.07, 6.45) is 4.18. The molecular formula is C12H22N2O3. The van der Waals surface area contributed by atoms with Crippen LogP contribution in [-0.4, -0.2) is 40.1 Å². The number of carbonyl (C=O) groups excluding carboxylic acids is 1. The molecular weight excluding hydrogens is 220 g/mol. The molecule has 1 aliphatic rings. The molecule has 5 nitrogen and oxygen atoms in total. The minimum atomic E-state index is -0.981. The molecule has 2 N–H and O–H groups in total. The summed E-state index contributed by atoms with van der Waals surface area (Å²) in [5, 5.41) is 11.8. The van der Waals surface area contributed by atoms with Crippen LogP contribution < -0.4 is 5.32 Å². The van der Waals surface area contributed by atoms with Crippen LogP contribution in [0.25, 0.3) is 0 Å². The van der Waals surface area contributed by atoms with Gasteiger partial charge in [-0.3, -0.25) is 4.79 Å². The number of urea groups is 1. The van der Waals surface area contributed by atoms with E-state index in [9.17, 15) is 9.59 Å². The van der Waals surface area contributed by atoms with Crippen molar-refractivity contribution >= 4 is 12.0 Å². The summed E-state index contributed by atoms with van der Waals surface area (Å²) in [6.45, 7) is 5.41. The molecule has 17 heavy (non-hydrogen) atoms. The number of aliphatic carboxylic acids is 1.